The molecule has 0 fully saturated rings. The largest absolute Gasteiger partial charge is 0.468 e. The van der Waals surface area contributed by atoms with Crippen molar-refractivity contribution in [3.8, 4) is 0 Å². The lowest BCUT2D eigenvalue weighted by molar-refractivity contribution is 0.124. The van der Waals surface area contributed by atoms with E-state index < -0.39 is 0 Å². The second-order valence-electron chi connectivity index (χ2n) is 4.22. The Kier molecular flexibility index (Phi) is 5.52. The number of rotatable bonds is 7. The van der Waals surface area contributed by atoms with Crippen LogP contribution in [0.2, 0.25) is 0 Å². The molecule has 2 N–H and O–H groups in total. The summed E-state index contributed by atoms with van der Waals surface area (Å²) in [7, 11) is 1.68. The van der Waals surface area contributed by atoms with Gasteiger partial charge in [-0.3, -0.25) is 0 Å². The number of nitrogens with one attached hydrogen (secondary N) is 1. The molecule has 16 heavy (non-hydrogen) atoms. The van der Waals surface area contributed by atoms with E-state index in [1.807, 2.05) is 12.1 Å². The van der Waals surface area contributed by atoms with Crippen molar-refractivity contribution in [1.82, 2.24) is 5.32 Å². The van der Waals surface area contributed by atoms with Gasteiger partial charge in [0, 0.05) is 13.2 Å². The fourth-order valence-electron chi connectivity index (χ4n) is 1.59. The van der Waals surface area contributed by atoms with Crippen LogP contribution in [0, 0.1) is 5.92 Å². The Morgan fingerprint density at radius 2 is 2.25 bits per heavy atom. The van der Waals surface area contributed by atoms with Gasteiger partial charge < -0.3 is 19.6 Å². The van der Waals surface area contributed by atoms with Crippen molar-refractivity contribution in [3.63, 3.8) is 0 Å². The summed E-state index contributed by atoms with van der Waals surface area (Å²) in [5.74, 6) is 1.19. The van der Waals surface area contributed by atoms with Crippen molar-refractivity contribution in [2.75, 3.05) is 20.3 Å². The summed E-state index contributed by atoms with van der Waals surface area (Å²) in [5, 5.41) is 12.7. The molecular weight excluding hydrogens is 206 g/mol. The molecule has 4 nitrogen and oxygen atoms in total. The quantitative estimate of drug-likeness (QED) is 0.742. The fourth-order valence-corrected chi connectivity index (χ4v) is 1.59. The smallest absolute Gasteiger partial charge is 0.123 e. The number of hydrogen-bond donors (Lipinski definition) is 2. The van der Waals surface area contributed by atoms with Gasteiger partial charge in [-0.05, 0) is 18.1 Å². The van der Waals surface area contributed by atoms with Crippen LogP contribution >= 0.6 is 0 Å². The monoisotopic (exact) mass is 227 g/mol. The van der Waals surface area contributed by atoms with Gasteiger partial charge in [0.1, 0.15) is 5.76 Å². The van der Waals surface area contributed by atoms with Gasteiger partial charge in [0.15, 0.2) is 0 Å². The molecule has 1 aromatic heterocycles. The second-order valence-corrected chi connectivity index (χ2v) is 4.22. The number of ether oxygens (including phenoxy) is 1. The molecule has 4 heteroatoms. The molecule has 0 aromatic carbocycles. The maximum absolute atomic E-state index is 9.33. The Morgan fingerprint density at radius 1 is 1.50 bits per heavy atom. The molecule has 0 aliphatic rings. The molecule has 0 radical (unpaired) electrons. The van der Waals surface area contributed by atoms with Crippen LogP contribution in [0.4, 0.5) is 0 Å². The van der Waals surface area contributed by atoms with Crippen LogP contribution in [-0.2, 0) is 4.74 Å². The molecule has 1 rings (SSSR count). The van der Waals surface area contributed by atoms with E-state index in [1.54, 1.807) is 13.4 Å². The van der Waals surface area contributed by atoms with Crippen LogP contribution < -0.4 is 5.32 Å². The average molecular weight is 227 g/mol. The van der Waals surface area contributed by atoms with Crippen LogP contribution in [0.1, 0.15) is 25.6 Å². The van der Waals surface area contributed by atoms with Crippen molar-refractivity contribution < 1.29 is 14.3 Å². The highest BCUT2D eigenvalue weighted by atomic mass is 16.5. The minimum absolute atomic E-state index is 0.0143. The minimum Gasteiger partial charge on any atom is -0.468 e. The van der Waals surface area contributed by atoms with E-state index in [0.29, 0.717) is 12.5 Å². The molecule has 0 aliphatic carbocycles. The molecule has 0 aliphatic heterocycles. The van der Waals surface area contributed by atoms with Gasteiger partial charge in [-0.1, -0.05) is 13.8 Å². The summed E-state index contributed by atoms with van der Waals surface area (Å²) in [6.07, 6.45) is 1.61. The van der Waals surface area contributed by atoms with Gasteiger partial charge in [0.2, 0.25) is 0 Å². The third-order valence-electron chi connectivity index (χ3n) is 2.64. The van der Waals surface area contributed by atoms with E-state index in [0.717, 1.165) is 5.76 Å². The number of hydrogen-bond acceptors (Lipinski definition) is 4. The first-order chi connectivity index (χ1) is 7.69. The number of aliphatic hydroxyl groups is 1. The lowest BCUT2D eigenvalue weighted by Crippen LogP contribution is -2.41. The molecule has 2 atom stereocenters. The second kappa shape index (κ2) is 6.68. The number of aliphatic hydroxyl groups excluding tert-OH is 1. The molecule has 0 amide bonds. The zero-order valence-electron chi connectivity index (χ0n) is 10.1. The number of furan rings is 1. The van der Waals surface area contributed by atoms with Crippen molar-refractivity contribution in [1.29, 1.82) is 0 Å². The average Bonchev–Trinajstić information content (AvgIpc) is 2.77. The van der Waals surface area contributed by atoms with E-state index in [-0.39, 0.29) is 18.7 Å². The Labute approximate surface area is 96.6 Å². The highest BCUT2D eigenvalue weighted by Gasteiger charge is 2.20. The van der Waals surface area contributed by atoms with E-state index >= 15 is 0 Å². The summed E-state index contributed by atoms with van der Waals surface area (Å²) in [6.45, 7) is 4.87. The molecule has 0 saturated heterocycles. The van der Waals surface area contributed by atoms with Crippen LogP contribution in [0.5, 0.6) is 0 Å². The van der Waals surface area contributed by atoms with E-state index in [2.05, 4.69) is 19.2 Å². The maximum Gasteiger partial charge on any atom is 0.123 e. The first-order valence-corrected chi connectivity index (χ1v) is 5.58. The Morgan fingerprint density at radius 3 is 2.69 bits per heavy atom. The Hall–Kier alpha value is -0.840. The topological polar surface area (TPSA) is 54.6 Å². The van der Waals surface area contributed by atoms with Crippen LogP contribution in [0.25, 0.3) is 0 Å². The van der Waals surface area contributed by atoms with E-state index in [1.165, 1.54) is 0 Å². The van der Waals surface area contributed by atoms with E-state index in [9.17, 15) is 5.11 Å². The van der Waals surface area contributed by atoms with Gasteiger partial charge in [-0.2, -0.15) is 0 Å². The summed E-state index contributed by atoms with van der Waals surface area (Å²) >= 11 is 0. The fraction of sp³-hybridized carbons (Fsp3) is 0.667. The molecule has 92 valence electrons. The molecule has 1 heterocycles. The lowest BCUT2D eigenvalue weighted by Gasteiger charge is -2.25. The Bertz CT molecular complexity index is 272. The summed E-state index contributed by atoms with van der Waals surface area (Å²) in [5.41, 5.74) is 0. The molecule has 0 spiro atoms. The first-order valence-electron chi connectivity index (χ1n) is 5.58. The van der Waals surface area contributed by atoms with Crippen molar-refractivity contribution in [2.24, 2.45) is 5.92 Å². The van der Waals surface area contributed by atoms with Gasteiger partial charge in [-0.15, -0.1) is 0 Å². The minimum atomic E-state index is -0.169. The summed E-state index contributed by atoms with van der Waals surface area (Å²) in [6, 6.07) is 3.71. The predicted molar refractivity (Wildman–Crippen MR) is 62.2 cm³/mol. The standard InChI is InChI=1S/C12H21NO3/c1-9(2)11(8-15-3)13-10(7-14)12-5-4-6-16-12/h4-6,9-11,13-14H,7-8H2,1-3H3. The molecular formula is C12H21NO3. The van der Waals surface area contributed by atoms with Gasteiger partial charge in [0.25, 0.3) is 0 Å². The zero-order valence-corrected chi connectivity index (χ0v) is 10.1. The third kappa shape index (κ3) is 3.63. The van der Waals surface area contributed by atoms with Crippen LogP contribution in [0.3, 0.4) is 0 Å². The van der Waals surface area contributed by atoms with Crippen LogP contribution in [-0.4, -0.2) is 31.5 Å². The lowest BCUT2D eigenvalue weighted by atomic mass is 10.0. The molecule has 2 unspecified atom stereocenters. The van der Waals surface area contributed by atoms with Crippen LogP contribution in [0.15, 0.2) is 22.8 Å². The van der Waals surface area contributed by atoms with Gasteiger partial charge >= 0.3 is 0 Å². The van der Waals surface area contributed by atoms with Gasteiger partial charge in [0.05, 0.1) is 25.5 Å². The Balaban J connectivity index is 2.60. The number of methoxy groups -OCH3 is 1. The normalized spacial score (nSPS) is 15.3. The highest BCUT2D eigenvalue weighted by molar-refractivity contribution is 5.04. The van der Waals surface area contributed by atoms with Crippen molar-refractivity contribution in [2.45, 2.75) is 25.9 Å². The van der Waals surface area contributed by atoms with Gasteiger partial charge in [-0.25, -0.2) is 0 Å². The molecule has 1 aromatic rings. The third-order valence-corrected chi connectivity index (χ3v) is 2.64. The SMILES string of the molecule is COCC(NC(CO)c1ccco1)C(C)C. The first kappa shape index (κ1) is 13.2. The van der Waals surface area contributed by atoms with Crippen molar-refractivity contribution in [3.05, 3.63) is 24.2 Å². The van der Waals surface area contributed by atoms with E-state index in [4.69, 9.17) is 9.15 Å². The molecule has 0 bridgehead atoms. The maximum atomic E-state index is 9.33. The summed E-state index contributed by atoms with van der Waals surface area (Å²) in [4.78, 5) is 0. The zero-order chi connectivity index (χ0) is 12.0. The molecule has 0 saturated carbocycles. The summed E-state index contributed by atoms with van der Waals surface area (Å²) < 4.78 is 10.4. The highest BCUT2D eigenvalue weighted by Crippen LogP contribution is 2.15. The van der Waals surface area contributed by atoms with Crippen molar-refractivity contribution >= 4 is 0 Å². The predicted octanol–water partition coefficient (Wildman–Crippen LogP) is 1.57.